The van der Waals surface area contributed by atoms with Crippen molar-refractivity contribution < 1.29 is 67.4 Å². The number of amides is 13. The molecule has 1 unspecified atom stereocenters. The van der Waals surface area contributed by atoms with Gasteiger partial charge in [0.15, 0.2) is 0 Å². The average molecular weight is 1180 g/mol. The molecule has 1 aromatic heterocycles. The van der Waals surface area contributed by atoms with Crippen molar-refractivity contribution in [3.05, 3.63) is 102 Å². The summed E-state index contributed by atoms with van der Waals surface area (Å²) in [5.74, 6) is -13.0. The number of aromatic amines is 1. The van der Waals surface area contributed by atoms with Crippen molar-refractivity contribution >= 4 is 87.7 Å². The number of para-hydroxylation sites is 1. The van der Waals surface area contributed by atoms with Crippen molar-refractivity contribution in [3.8, 4) is 5.75 Å². The number of hydrogen-bond donors (Lipinski definition) is 15. The zero-order chi connectivity index (χ0) is 62.7. The monoisotopic (exact) mass is 1180 g/mol. The van der Waals surface area contributed by atoms with Crippen LogP contribution in [0.5, 0.6) is 5.75 Å². The van der Waals surface area contributed by atoms with E-state index in [4.69, 9.17) is 28.7 Å². The first-order valence-electron chi connectivity index (χ1n) is 27.2. The van der Waals surface area contributed by atoms with Crippen molar-refractivity contribution in [2.24, 2.45) is 34.6 Å². The Morgan fingerprint density at radius 2 is 1.08 bits per heavy atom. The highest BCUT2D eigenvalue weighted by molar-refractivity contribution is 6.00. The van der Waals surface area contributed by atoms with E-state index in [0.717, 1.165) is 17.8 Å². The van der Waals surface area contributed by atoms with E-state index in [2.05, 4.69) is 47.5 Å². The predicted molar refractivity (Wildman–Crippen MR) is 304 cm³/mol. The zero-order valence-corrected chi connectivity index (χ0v) is 47.0. The Morgan fingerprint density at radius 3 is 1.69 bits per heavy atom. The second-order valence-corrected chi connectivity index (χ2v) is 20.9. The molecule has 3 aromatic carbocycles. The number of rotatable bonds is 31. The van der Waals surface area contributed by atoms with E-state index in [9.17, 15) is 67.4 Å². The van der Waals surface area contributed by atoms with Crippen LogP contribution in [0, 0.1) is 5.92 Å². The van der Waals surface area contributed by atoms with Crippen LogP contribution >= 0.6 is 0 Å². The Morgan fingerprint density at radius 1 is 0.553 bits per heavy atom. The van der Waals surface area contributed by atoms with Crippen molar-refractivity contribution in [3.63, 3.8) is 0 Å². The number of phenolic OH excluding ortho intramolecular Hbond substituents is 1. The maximum Gasteiger partial charge on any atom is 0.246 e. The molecule has 0 saturated carbocycles. The molecule has 85 heavy (non-hydrogen) atoms. The summed E-state index contributed by atoms with van der Waals surface area (Å²) < 4.78 is 0. The molecule has 29 nitrogen and oxygen atoms in total. The van der Waals surface area contributed by atoms with Crippen LogP contribution in [-0.2, 0) is 81.6 Å². The first-order chi connectivity index (χ1) is 40.2. The third kappa shape index (κ3) is 19.9. The minimum Gasteiger partial charge on any atom is -0.508 e. The van der Waals surface area contributed by atoms with Crippen molar-refractivity contribution in [2.45, 2.75) is 127 Å². The third-order valence-corrected chi connectivity index (χ3v) is 13.7. The van der Waals surface area contributed by atoms with Crippen LogP contribution in [0.1, 0.15) is 69.6 Å². The van der Waals surface area contributed by atoms with Gasteiger partial charge in [0, 0.05) is 42.9 Å². The summed E-state index contributed by atoms with van der Waals surface area (Å²) in [6.45, 7) is 3.79. The maximum atomic E-state index is 14.9. The van der Waals surface area contributed by atoms with E-state index in [0.29, 0.717) is 23.1 Å². The molecule has 1 fully saturated rings. The number of aromatic hydroxyl groups is 1. The minimum absolute atomic E-state index is 0.0198. The van der Waals surface area contributed by atoms with Crippen LogP contribution in [0.25, 0.3) is 10.9 Å². The van der Waals surface area contributed by atoms with E-state index in [1.54, 1.807) is 56.4 Å². The summed E-state index contributed by atoms with van der Waals surface area (Å²) in [5.41, 5.74) is 29.3. The van der Waals surface area contributed by atoms with Gasteiger partial charge in [-0.25, -0.2) is 0 Å². The minimum atomic E-state index is -1.78. The van der Waals surface area contributed by atoms with Gasteiger partial charge in [-0.3, -0.25) is 62.3 Å². The molecule has 20 N–H and O–H groups in total. The molecule has 0 spiro atoms. The number of fused-ring (bicyclic) bond motifs is 1. The molecule has 0 bridgehead atoms. The molecule has 2 heterocycles. The number of aromatic nitrogens is 1. The standard InChI is InChI=1S/C56H73N15O14/c1-28(2)47(70-53(82)40(25-45(60)75)65-48(77)29(3)64-51(80)39(24-44(59)74)66-49(78)35(57)23-43(58)73)55(84)68-37(20-30-10-5-4-6-11-30)52(81)69-41(21-31-15-17-33(72)18-16-31)56(85)71-19-9-14-42(71)54(83)67-38(50(79)63-27-46(61)76)22-32-26-62-36-13-8-7-12-34(32)36/h4-8,10-13,15-18,26,28-29,35,37-42,47,62,72H,9,14,19-25,27,57H2,1-3H3,(H2,58,73)(H2,59,74)(H2,60,75)(H2,61,76)(H,63,79)(H,64,80)(H,65,77)(H,66,78)(H,67,83)(H,68,84)(H,69,81)(H,70,82)/t29-,35?,37-,38-,39-,40-,41-,42-,47-/m0/s1. The van der Waals surface area contributed by atoms with Gasteiger partial charge in [0.1, 0.15) is 54.1 Å². The van der Waals surface area contributed by atoms with Crippen LogP contribution in [-0.4, -0.2) is 159 Å². The van der Waals surface area contributed by atoms with Crippen LogP contribution in [0.3, 0.4) is 0 Å². The van der Waals surface area contributed by atoms with Crippen LogP contribution < -0.4 is 71.2 Å². The van der Waals surface area contributed by atoms with Gasteiger partial charge in [-0.1, -0.05) is 74.5 Å². The summed E-state index contributed by atoms with van der Waals surface area (Å²) in [6, 6.07) is 8.26. The Kier molecular flexibility index (Phi) is 24.0. The largest absolute Gasteiger partial charge is 0.508 e. The normalized spacial score (nSPS) is 15.7. The number of carbonyl (C=O) groups is 13. The molecule has 5 rings (SSSR count). The first kappa shape index (κ1) is 65.9. The molecule has 456 valence electrons. The fourth-order valence-electron chi connectivity index (χ4n) is 9.33. The lowest BCUT2D eigenvalue weighted by Crippen LogP contribution is -2.61. The molecule has 1 aliphatic rings. The number of primary amides is 4. The summed E-state index contributed by atoms with van der Waals surface area (Å²) >= 11 is 0. The van der Waals surface area contributed by atoms with E-state index < -0.39 is 163 Å². The number of nitrogens with one attached hydrogen (secondary N) is 9. The number of hydrogen-bond acceptors (Lipinski definition) is 15. The summed E-state index contributed by atoms with van der Waals surface area (Å²) in [6.07, 6.45) is -0.383. The topological polar surface area (TPSA) is 488 Å². The van der Waals surface area contributed by atoms with Gasteiger partial charge in [0.25, 0.3) is 0 Å². The number of H-pyrrole nitrogens is 1. The Bertz CT molecular complexity index is 3120. The second-order valence-electron chi connectivity index (χ2n) is 20.9. The highest BCUT2D eigenvalue weighted by atomic mass is 16.3. The number of nitrogens with zero attached hydrogens (tertiary/aromatic N) is 1. The highest BCUT2D eigenvalue weighted by Gasteiger charge is 2.41. The van der Waals surface area contributed by atoms with Gasteiger partial charge < -0.3 is 86.2 Å². The Hall–Kier alpha value is -9.93. The lowest BCUT2D eigenvalue weighted by atomic mass is 9.99. The maximum absolute atomic E-state index is 14.9. The van der Waals surface area contributed by atoms with E-state index in [1.165, 1.54) is 29.2 Å². The number of phenols is 1. The van der Waals surface area contributed by atoms with Gasteiger partial charge in [0.05, 0.1) is 31.8 Å². The Balaban J connectivity index is 1.36. The quantitative estimate of drug-likeness (QED) is 0.0226. The SMILES string of the molecule is CC(C)[C@H](NC(=O)[C@H](CC(N)=O)NC(=O)[C@H](C)NC(=O)[C@H](CC(N)=O)NC(=O)C(N)CC(N)=O)C(=O)N[C@@H](Cc1ccccc1)C(=O)N[C@@H](Cc1ccc(O)cc1)C(=O)N1CCC[C@H]1C(=O)N[C@@H](Cc1c[nH]c2ccccc12)C(=O)NCC(N)=O. The van der Waals surface area contributed by atoms with Crippen molar-refractivity contribution in [2.75, 3.05) is 13.1 Å². The molecule has 13 amide bonds. The Labute approximate surface area is 487 Å². The molecule has 1 saturated heterocycles. The van der Waals surface area contributed by atoms with Gasteiger partial charge in [-0.15, -0.1) is 0 Å². The number of likely N-dealkylation sites (tertiary alicyclic amines) is 1. The van der Waals surface area contributed by atoms with Gasteiger partial charge >= 0.3 is 0 Å². The van der Waals surface area contributed by atoms with Crippen LogP contribution in [0.15, 0.2) is 85.1 Å². The molecule has 0 aliphatic carbocycles. The number of benzene rings is 3. The molecule has 29 heteroatoms. The van der Waals surface area contributed by atoms with Crippen molar-refractivity contribution in [1.82, 2.24) is 52.4 Å². The van der Waals surface area contributed by atoms with E-state index in [-0.39, 0.29) is 38.0 Å². The van der Waals surface area contributed by atoms with Gasteiger partial charge in [-0.2, -0.15) is 0 Å². The molecule has 1 aliphatic heterocycles. The summed E-state index contributed by atoms with van der Waals surface area (Å²) in [4.78, 5) is 177. The molecule has 4 aromatic rings. The molecule has 9 atom stereocenters. The second kappa shape index (κ2) is 30.9. The van der Waals surface area contributed by atoms with Crippen molar-refractivity contribution in [1.29, 1.82) is 0 Å². The number of carbonyl (C=O) groups excluding carboxylic acids is 13. The van der Waals surface area contributed by atoms with E-state index in [1.807, 2.05) is 18.2 Å². The van der Waals surface area contributed by atoms with Crippen LogP contribution in [0.2, 0.25) is 0 Å². The molecular weight excluding hydrogens is 1110 g/mol. The fraction of sp³-hybridized carbons (Fsp3) is 0.411. The third-order valence-electron chi connectivity index (χ3n) is 13.7. The average Bonchev–Trinajstić information content (AvgIpc) is 4.04. The summed E-state index contributed by atoms with van der Waals surface area (Å²) in [7, 11) is 0. The summed E-state index contributed by atoms with van der Waals surface area (Å²) in [5, 5.41) is 30.7. The lowest BCUT2D eigenvalue weighted by Gasteiger charge is -2.31. The molecule has 0 radical (unpaired) electrons. The first-order valence-corrected chi connectivity index (χ1v) is 27.2. The lowest BCUT2D eigenvalue weighted by molar-refractivity contribution is -0.142. The zero-order valence-electron chi connectivity index (χ0n) is 47.0. The van der Waals surface area contributed by atoms with Gasteiger partial charge in [0.2, 0.25) is 76.8 Å². The van der Waals surface area contributed by atoms with Gasteiger partial charge in [-0.05, 0) is 60.6 Å². The number of nitrogens with two attached hydrogens (primary N) is 5. The fourth-order valence-corrected chi connectivity index (χ4v) is 9.33. The predicted octanol–water partition coefficient (Wildman–Crippen LogP) is -4.48. The van der Waals surface area contributed by atoms with E-state index >= 15 is 0 Å². The highest BCUT2D eigenvalue weighted by Crippen LogP contribution is 2.23. The smallest absolute Gasteiger partial charge is 0.246 e. The molecular formula is C56H73N15O14. The van der Waals surface area contributed by atoms with Crippen LogP contribution in [0.4, 0.5) is 0 Å².